The Kier molecular flexibility index (Phi) is 3.57. The van der Waals surface area contributed by atoms with Gasteiger partial charge in [0.2, 0.25) is 0 Å². The highest BCUT2D eigenvalue weighted by Crippen LogP contribution is 2.29. The van der Waals surface area contributed by atoms with Crippen molar-refractivity contribution >= 4 is 32.4 Å². The summed E-state index contributed by atoms with van der Waals surface area (Å²) in [5.74, 6) is 0. The van der Waals surface area contributed by atoms with Gasteiger partial charge in [0.15, 0.2) is 5.13 Å². The van der Waals surface area contributed by atoms with Crippen LogP contribution in [0.15, 0.2) is 18.2 Å². The SMILES string of the molecule is CCNc1nc2ccc(N3CCN(C)CC3)cc2s1. The van der Waals surface area contributed by atoms with Gasteiger partial charge in [0.25, 0.3) is 0 Å². The Morgan fingerprint density at radius 3 is 2.79 bits per heavy atom. The van der Waals surface area contributed by atoms with Crippen molar-refractivity contribution in [2.45, 2.75) is 6.92 Å². The minimum absolute atomic E-state index is 0.922. The molecule has 4 nitrogen and oxygen atoms in total. The molecular formula is C14H20N4S. The van der Waals surface area contributed by atoms with Crippen LogP contribution >= 0.6 is 11.3 Å². The molecule has 2 aromatic rings. The summed E-state index contributed by atoms with van der Waals surface area (Å²) in [5, 5.41) is 4.31. The Bertz CT molecular complexity index is 558. The summed E-state index contributed by atoms with van der Waals surface area (Å²) in [6, 6.07) is 6.61. The zero-order valence-electron chi connectivity index (χ0n) is 11.5. The molecule has 0 bridgehead atoms. The van der Waals surface area contributed by atoms with Gasteiger partial charge in [0, 0.05) is 38.4 Å². The van der Waals surface area contributed by atoms with Gasteiger partial charge in [-0.25, -0.2) is 4.98 Å². The molecule has 0 amide bonds. The number of hydrogen-bond donors (Lipinski definition) is 1. The Hall–Kier alpha value is -1.33. The number of nitrogens with one attached hydrogen (secondary N) is 1. The fourth-order valence-electron chi connectivity index (χ4n) is 2.40. The normalized spacial score (nSPS) is 17.1. The van der Waals surface area contributed by atoms with E-state index >= 15 is 0 Å². The molecule has 0 aliphatic carbocycles. The number of thiazole rings is 1. The van der Waals surface area contributed by atoms with Crippen LogP contribution in [-0.4, -0.2) is 49.7 Å². The number of rotatable bonds is 3. The third-order valence-electron chi connectivity index (χ3n) is 3.57. The van der Waals surface area contributed by atoms with E-state index < -0.39 is 0 Å². The van der Waals surface area contributed by atoms with E-state index in [1.165, 1.54) is 10.4 Å². The summed E-state index contributed by atoms with van der Waals surface area (Å²) < 4.78 is 1.27. The van der Waals surface area contributed by atoms with Crippen molar-refractivity contribution in [3.05, 3.63) is 18.2 Å². The average molecular weight is 276 g/mol. The number of aromatic nitrogens is 1. The fourth-order valence-corrected chi connectivity index (χ4v) is 3.37. The molecule has 19 heavy (non-hydrogen) atoms. The van der Waals surface area contributed by atoms with Gasteiger partial charge in [-0.3, -0.25) is 0 Å². The molecule has 1 aliphatic rings. The van der Waals surface area contributed by atoms with Crippen molar-refractivity contribution in [2.75, 3.05) is 50.0 Å². The molecule has 0 unspecified atom stereocenters. The zero-order chi connectivity index (χ0) is 13.2. The minimum Gasteiger partial charge on any atom is -0.369 e. The summed E-state index contributed by atoms with van der Waals surface area (Å²) >= 11 is 1.74. The summed E-state index contributed by atoms with van der Waals surface area (Å²) in [5.41, 5.74) is 2.42. The van der Waals surface area contributed by atoms with Crippen molar-refractivity contribution in [1.82, 2.24) is 9.88 Å². The number of nitrogens with zero attached hydrogens (tertiary/aromatic N) is 3. The third kappa shape index (κ3) is 2.67. The number of hydrogen-bond acceptors (Lipinski definition) is 5. The summed E-state index contributed by atoms with van der Waals surface area (Å²) in [6.07, 6.45) is 0. The van der Waals surface area contributed by atoms with Gasteiger partial charge in [-0.15, -0.1) is 0 Å². The van der Waals surface area contributed by atoms with Crippen LogP contribution in [0.5, 0.6) is 0 Å². The lowest BCUT2D eigenvalue weighted by Gasteiger charge is -2.34. The van der Waals surface area contributed by atoms with Crippen molar-refractivity contribution in [2.24, 2.45) is 0 Å². The molecule has 0 radical (unpaired) electrons. The maximum atomic E-state index is 4.58. The monoisotopic (exact) mass is 276 g/mol. The highest BCUT2D eigenvalue weighted by Gasteiger charge is 2.15. The van der Waals surface area contributed by atoms with E-state index in [1.54, 1.807) is 11.3 Å². The lowest BCUT2D eigenvalue weighted by molar-refractivity contribution is 0.313. The second kappa shape index (κ2) is 5.35. The van der Waals surface area contributed by atoms with Gasteiger partial charge in [-0.1, -0.05) is 11.3 Å². The first-order chi connectivity index (χ1) is 9.26. The first-order valence-corrected chi connectivity index (χ1v) is 7.66. The molecule has 1 saturated heterocycles. The summed E-state index contributed by atoms with van der Waals surface area (Å²) in [6.45, 7) is 7.53. The van der Waals surface area contributed by atoms with Gasteiger partial charge < -0.3 is 15.1 Å². The molecule has 1 aromatic carbocycles. The third-order valence-corrected chi connectivity index (χ3v) is 4.54. The van der Waals surface area contributed by atoms with Crippen LogP contribution in [0.4, 0.5) is 10.8 Å². The fraction of sp³-hybridized carbons (Fsp3) is 0.500. The van der Waals surface area contributed by atoms with Crippen LogP contribution < -0.4 is 10.2 Å². The van der Waals surface area contributed by atoms with Crippen LogP contribution in [0.25, 0.3) is 10.2 Å². The molecular weight excluding hydrogens is 256 g/mol. The highest BCUT2D eigenvalue weighted by molar-refractivity contribution is 7.22. The Labute approximate surface area is 118 Å². The van der Waals surface area contributed by atoms with Crippen molar-refractivity contribution in [3.63, 3.8) is 0 Å². The molecule has 3 rings (SSSR count). The first-order valence-electron chi connectivity index (χ1n) is 6.84. The molecule has 1 N–H and O–H groups in total. The van der Waals surface area contributed by atoms with Gasteiger partial charge in [0.05, 0.1) is 10.2 Å². The molecule has 0 spiro atoms. The molecule has 1 aromatic heterocycles. The quantitative estimate of drug-likeness (QED) is 0.933. The maximum Gasteiger partial charge on any atom is 0.183 e. The van der Waals surface area contributed by atoms with Gasteiger partial charge in [0.1, 0.15) is 0 Å². The number of piperazine rings is 1. The smallest absolute Gasteiger partial charge is 0.183 e. The van der Waals surface area contributed by atoms with Crippen LogP contribution in [0, 0.1) is 0 Å². The lowest BCUT2D eigenvalue weighted by Crippen LogP contribution is -2.44. The average Bonchev–Trinajstić information content (AvgIpc) is 2.81. The predicted octanol–water partition coefficient (Wildman–Crippen LogP) is 2.48. The van der Waals surface area contributed by atoms with E-state index in [1.807, 2.05) is 0 Å². The molecule has 2 heterocycles. The predicted molar refractivity (Wildman–Crippen MR) is 83.5 cm³/mol. The second-order valence-corrected chi connectivity index (χ2v) is 6.02. The lowest BCUT2D eigenvalue weighted by atomic mass is 10.2. The molecule has 102 valence electrons. The molecule has 1 fully saturated rings. The number of fused-ring (bicyclic) bond motifs is 1. The number of benzene rings is 1. The molecule has 5 heteroatoms. The molecule has 1 aliphatic heterocycles. The van der Waals surface area contributed by atoms with Crippen molar-refractivity contribution in [1.29, 1.82) is 0 Å². The largest absolute Gasteiger partial charge is 0.369 e. The van der Waals surface area contributed by atoms with Gasteiger partial charge >= 0.3 is 0 Å². The second-order valence-electron chi connectivity index (χ2n) is 4.99. The standard InChI is InChI=1S/C14H20N4S/c1-3-15-14-16-12-5-4-11(10-13(12)19-14)18-8-6-17(2)7-9-18/h4-5,10H,3,6-9H2,1-2H3,(H,15,16). The van der Waals surface area contributed by atoms with E-state index in [2.05, 4.69) is 52.3 Å². The van der Waals surface area contributed by atoms with Gasteiger partial charge in [-0.2, -0.15) is 0 Å². The van der Waals surface area contributed by atoms with Crippen molar-refractivity contribution < 1.29 is 0 Å². The van der Waals surface area contributed by atoms with Crippen molar-refractivity contribution in [3.8, 4) is 0 Å². The summed E-state index contributed by atoms with van der Waals surface area (Å²) in [4.78, 5) is 9.43. The summed E-state index contributed by atoms with van der Waals surface area (Å²) in [7, 11) is 2.19. The van der Waals surface area contributed by atoms with E-state index in [4.69, 9.17) is 0 Å². The Morgan fingerprint density at radius 2 is 2.05 bits per heavy atom. The molecule has 0 atom stereocenters. The van der Waals surface area contributed by atoms with E-state index in [0.717, 1.165) is 43.4 Å². The van der Waals surface area contributed by atoms with Crippen LogP contribution in [0.1, 0.15) is 6.92 Å². The highest BCUT2D eigenvalue weighted by atomic mass is 32.1. The van der Waals surface area contributed by atoms with Crippen LogP contribution in [0.2, 0.25) is 0 Å². The van der Waals surface area contributed by atoms with E-state index in [9.17, 15) is 0 Å². The van der Waals surface area contributed by atoms with Gasteiger partial charge in [-0.05, 0) is 32.2 Å². The Balaban J connectivity index is 1.84. The zero-order valence-corrected chi connectivity index (χ0v) is 12.3. The van der Waals surface area contributed by atoms with E-state index in [0.29, 0.717) is 0 Å². The van der Waals surface area contributed by atoms with Crippen LogP contribution in [-0.2, 0) is 0 Å². The topological polar surface area (TPSA) is 31.4 Å². The Morgan fingerprint density at radius 1 is 1.26 bits per heavy atom. The van der Waals surface area contributed by atoms with Crippen LogP contribution in [0.3, 0.4) is 0 Å². The number of anilines is 2. The maximum absolute atomic E-state index is 4.58. The first kappa shape index (κ1) is 12.7. The molecule has 0 saturated carbocycles. The minimum atomic E-state index is 0.922. The number of likely N-dealkylation sites (N-methyl/N-ethyl adjacent to an activating group) is 1. The van der Waals surface area contributed by atoms with E-state index in [-0.39, 0.29) is 0 Å².